The van der Waals surface area contributed by atoms with Crippen LogP contribution in [-0.4, -0.2) is 11.9 Å². The summed E-state index contributed by atoms with van der Waals surface area (Å²) in [5.41, 5.74) is 1.36. The van der Waals surface area contributed by atoms with Gasteiger partial charge in [0.15, 0.2) is 5.78 Å². The third kappa shape index (κ3) is 2.87. The molecule has 0 bridgehead atoms. The van der Waals surface area contributed by atoms with Gasteiger partial charge >= 0.3 is 0 Å². The van der Waals surface area contributed by atoms with Crippen LogP contribution in [0.4, 0.5) is 0 Å². The van der Waals surface area contributed by atoms with E-state index in [1.54, 1.807) is 0 Å². The fourth-order valence-electron chi connectivity index (χ4n) is 1.86. The van der Waals surface area contributed by atoms with Gasteiger partial charge in [-0.25, -0.2) is 0 Å². The van der Waals surface area contributed by atoms with Crippen LogP contribution in [0.1, 0.15) is 28.8 Å². The average Bonchev–Trinajstić information content (AvgIpc) is 3.23. The molecule has 0 aliphatic heterocycles. The van der Waals surface area contributed by atoms with E-state index in [1.807, 2.05) is 48.5 Å². The number of ether oxygens (including phenoxy) is 1. The number of halogens is 1. The molecule has 19 heavy (non-hydrogen) atoms. The fraction of sp³-hybridized carbons (Fsp3) is 0.188. The van der Waals surface area contributed by atoms with Gasteiger partial charge in [-0.05, 0) is 49.2 Å². The zero-order valence-electron chi connectivity index (χ0n) is 10.3. The number of benzene rings is 2. The highest BCUT2D eigenvalue weighted by atomic mass is 79.9. The van der Waals surface area contributed by atoms with Crippen LogP contribution in [0.25, 0.3) is 0 Å². The van der Waals surface area contributed by atoms with Gasteiger partial charge in [0.25, 0.3) is 0 Å². The molecule has 0 N–H and O–H groups in total. The van der Waals surface area contributed by atoms with E-state index in [4.69, 9.17) is 4.74 Å². The van der Waals surface area contributed by atoms with E-state index in [0.717, 1.165) is 23.1 Å². The predicted molar refractivity (Wildman–Crippen MR) is 77.7 cm³/mol. The van der Waals surface area contributed by atoms with Crippen LogP contribution in [0.15, 0.2) is 53.0 Å². The number of carbonyl (C=O) groups excluding carboxylic acids is 1. The summed E-state index contributed by atoms with van der Waals surface area (Å²) in [7, 11) is 0. The molecule has 0 aromatic heterocycles. The second-order valence-corrected chi connectivity index (χ2v) is 5.50. The molecule has 0 atom stereocenters. The van der Waals surface area contributed by atoms with Crippen molar-refractivity contribution in [3.63, 3.8) is 0 Å². The van der Waals surface area contributed by atoms with Gasteiger partial charge < -0.3 is 4.74 Å². The van der Waals surface area contributed by atoms with Gasteiger partial charge in [-0.15, -0.1) is 0 Å². The lowest BCUT2D eigenvalue weighted by molar-refractivity contribution is 0.103. The molecule has 2 aromatic carbocycles. The lowest BCUT2D eigenvalue weighted by Gasteiger charge is -2.06. The topological polar surface area (TPSA) is 26.3 Å². The van der Waals surface area contributed by atoms with Crippen LogP contribution in [0.3, 0.4) is 0 Å². The Morgan fingerprint density at radius 1 is 1.05 bits per heavy atom. The highest BCUT2D eigenvalue weighted by Crippen LogP contribution is 2.27. The number of hydrogen-bond donors (Lipinski definition) is 0. The maximum Gasteiger partial charge on any atom is 0.194 e. The third-order valence-electron chi connectivity index (χ3n) is 3.06. The molecule has 96 valence electrons. The van der Waals surface area contributed by atoms with Gasteiger partial charge in [-0.1, -0.05) is 28.1 Å². The zero-order valence-corrected chi connectivity index (χ0v) is 11.9. The minimum Gasteiger partial charge on any atom is -0.490 e. The minimum absolute atomic E-state index is 0.0189. The van der Waals surface area contributed by atoms with Crippen LogP contribution >= 0.6 is 15.9 Å². The molecule has 0 saturated heterocycles. The van der Waals surface area contributed by atoms with Crippen molar-refractivity contribution in [2.24, 2.45) is 0 Å². The molecule has 3 heteroatoms. The Morgan fingerprint density at radius 2 is 1.74 bits per heavy atom. The molecule has 0 amide bonds. The Morgan fingerprint density at radius 3 is 2.37 bits per heavy atom. The summed E-state index contributed by atoms with van der Waals surface area (Å²) in [4.78, 5) is 12.3. The van der Waals surface area contributed by atoms with Crippen LogP contribution in [-0.2, 0) is 0 Å². The van der Waals surface area contributed by atoms with E-state index < -0.39 is 0 Å². The number of hydrogen-bond acceptors (Lipinski definition) is 2. The van der Waals surface area contributed by atoms with E-state index in [1.165, 1.54) is 0 Å². The highest BCUT2D eigenvalue weighted by molar-refractivity contribution is 9.10. The molecule has 0 spiro atoms. The van der Waals surface area contributed by atoms with Crippen molar-refractivity contribution < 1.29 is 9.53 Å². The van der Waals surface area contributed by atoms with E-state index in [2.05, 4.69) is 15.9 Å². The summed E-state index contributed by atoms with van der Waals surface area (Å²) in [6.45, 7) is 0. The maximum absolute atomic E-state index is 12.3. The molecule has 2 aromatic rings. The SMILES string of the molecule is O=C(c1ccc(OC2CC2)cc1)c1ccccc1Br. The Bertz CT molecular complexity index is 600. The summed E-state index contributed by atoms with van der Waals surface area (Å²) in [5, 5.41) is 0. The van der Waals surface area contributed by atoms with Gasteiger partial charge in [0.05, 0.1) is 6.10 Å². The molecular formula is C16H13BrO2. The monoisotopic (exact) mass is 316 g/mol. The number of rotatable bonds is 4. The van der Waals surface area contributed by atoms with Crippen LogP contribution in [0, 0.1) is 0 Å². The van der Waals surface area contributed by atoms with Crippen molar-refractivity contribution in [1.82, 2.24) is 0 Å². The summed E-state index contributed by atoms with van der Waals surface area (Å²) in [5.74, 6) is 0.858. The van der Waals surface area contributed by atoms with Crippen LogP contribution < -0.4 is 4.74 Å². The largest absolute Gasteiger partial charge is 0.490 e. The normalized spacial score (nSPS) is 14.2. The highest BCUT2D eigenvalue weighted by Gasteiger charge is 2.23. The summed E-state index contributed by atoms with van der Waals surface area (Å²) >= 11 is 3.40. The van der Waals surface area contributed by atoms with Crippen molar-refractivity contribution in [2.75, 3.05) is 0 Å². The second kappa shape index (κ2) is 5.17. The first-order valence-electron chi connectivity index (χ1n) is 6.30. The van der Waals surface area contributed by atoms with Crippen LogP contribution in [0.2, 0.25) is 0 Å². The first-order chi connectivity index (χ1) is 9.24. The Kier molecular flexibility index (Phi) is 3.38. The lowest BCUT2D eigenvalue weighted by atomic mass is 10.0. The smallest absolute Gasteiger partial charge is 0.194 e. The van der Waals surface area contributed by atoms with E-state index in [-0.39, 0.29) is 5.78 Å². The first kappa shape index (κ1) is 12.4. The van der Waals surface area contributed by atoms with Gasteiger partial charge in [0, 0.05) is 15.6 Å². The maximum atomic E-state index is 12.3. The van der Waals surface area contributed by atoms with E-state index in [9.17, 15) is 4.79 Å². The summed E-state index contributed by atoms with van der Waals surface area (Å²) in [6, 6.07) is 14.8. The molecule has 2 nitrogen and oxygen atoms in total. The molecule has 1 aliphatic carbocycles. The Hall–Kier alpha value is -1.61. The first-order valence-corrected chi connectivity index (χ1v) is 7.09. The fourth-order valence-corrected chi connectivity index (χ4v) is 2.33. The average molecular weight is 317 g/mol. The van der Waals surface area contributed by atoms with Gasteiger partial charge in [0.2, 0.25) is 0 Å². The molecule has 1 fully saturated rings. The second-order valence-electron chi connectivity index (χ2n) is 4.65. The molecule has 0 unspecified atom stereocenters. The van der Waals surface area contributed by atoms with Crippen molar-refractivity contribution in [3.8, 4) is 5.75 Å². The summed E-state index contributed by atoms with van der Waals surface area (Å²) in [6.07, 6.45) is 2.65. The Labute approximate surface area is 120 Å². The van der Waals surface area contributed by atoms with Crippen molar-refractivity contribution >= 4 is 21.7 Å². The molecule has 0 heterocycles. The minimum atomic E-state index is 0.0189. The third-order valence-corrected chi connectivity index (χ3v) is 3.75. The number of ketones is 1. The standard InChI is InChI=1S/C16H13BrO2/c17-15-4-2-1-3-14(15)16(18)11-5-7-12(8-6-11)19-13-9-10-13/h1-8,13H,9-10H2. The number of carbonyl (C=O) groups is 1. The van der Waals surface area contributed by atoms with Crippen LogP contribution in [0.5, 0.6) is 5.75 Å². The van der Waals surface area contributed by atoms with Gasteiger partial charge in [-0.2, -0.15) is 0 Å². The molecule has 3 rings (SSSR count). The molecule has 1 aliphatic rings. The predicted octanol–water partition coefficient (Wildman–Crippen LogP) is 4.22. The van der Waals surface area contributed by atoms with Gasteiger partial charge in [0.1, 0.15) is 5.75 Å². The lowest BCUT2D eigenvalue weighted by Crippen LogP contribution is -2.02. The summed E-state index contributed by atoms with van der Waals surface area (Å²) < 4.78 is 6.49. The van der Waals surface area contributed by atoms with E-state index in [0.29, 0.717) is 17.2 Å². The molecular weight excluding hydrogens is 304 g/mol. The van der Waals surface area contributed by atoms with Crippen molar-refractivity contribution in [3.05, 3.63) is 64.1 Å². The van der Waals surface area contributed by atoms with Gasteiger partial charge in [-0.3, -0.25) is 4.79 Å². The quantitative estimate of drug-likeness (QED) is 0.789. The molecule has 0 radical (unpaired) electrons. The van der Waals surface area contributed by atoms with Crippen molar-refractivity contribution in [2.45, 2.75) is 18.9 Å². The Balaban J connectivity index is 1.81. The zero-order chi connectivity index (χ0) is 13.2. The molecule has 1 saturated carbocycles. The van der Waals surface area contributed by atoms with Crippen molar-refractivity contribution in [1.29, 1.82) is 0 Å². The van der Waals surface area contributed by atoms with E-state index >= 15 is 0 Å².